The van der Waals surface area contributed by atoms with E-state index in [1.165, 1.54) is 36.4 Å². The lowest BCUT2D eigenvalue weighted by atomic mass is 9.99. The number of hydrogen-bond acceptors (Lipinski definition) is 2. The maximum Gasteiger partial charge on any atom is 0.416 e. The van der Waals surface area contributed by atoms with Gasteiger partial charge in [0.1, 0.15) is 11.6 Å². The van der Waals surface area contributed by atoms with Crippen LogP contribution in [0.2, 0.25) is 0 Å². The Hall–Kier alpha value is -2.08. The Morgan fingerprint density at radius 3 is 2.05 bits per heavy atom. The van der Waals surface area contributed by atoms with Crippen LogP contribution >= 0.6 is 0 Å². The first kappa shape index (κ1) is 16.3. The van der Waals surface area contributed by atoms with E-state index in [4.69, 9.17) is 4.74 Å². The summed E-state index contributed by atoms with van der Waals surface area (Å²) in [6.45, 7) is -0.194. The third-order valence-electron chi connectivity index (χ3n) is 3.19. The predicted molar refractivity (Wildman–Crippen MR) is 73.2 cm³/mol. The highest BCUT2D eigenvalue weighted by Crippen LogP contribution is 2.30. The minimum absolute atomic E-state index is 0.0769. The summed E-state index contributed by atoms with van der Waals surface area (Å²) >= 11 is 0. The molecular weight excluding hydrogens is 300 g/mol. The molecule has 0 saturated heterocycles. The Bertz CT molecular complexity index is 591. The van der Waals surface area contributed by atoms with Crippen LogP contribution in [0.5, 0.6) is 5.75 Å². The molecule has 0 amide bonds. The molecule has 2 nitrogen and oxygen atoms in total. The van der Waals surface area contributed by atoms with Crippen LogP contribution in [0.25, 0.3) is 0 Å². The molecule has 118 valence electrons. The quantitative estimate of drug-likeness (QED) is 0.845. The van der Waals surface area contributed by atoms with E-state index < -0.39 is 23.5 Å². The monoisotopic (exact) mass is 314 g/mol. The molecule has 6 heteroatoms. The summed E-state index contributed by atoms with van der Waals surface area (Å²) in [5.41, 5.74) is -0.204. The van der Waals surface area contributed by atoms with E-state index in [0.717, 1.165) is 12.1 Å². The smallest absolute Gasteiger partial charge is 0.416 e. The van der Waals surface area contributed by atoms with Crippen molar-refractivity contribution in [3.63, 3.8) is 0 Å². The van der Waals surface area contributed by atoms with Gasteiger partial charge in [0, 0.05) is 5.92 Å². The van der Waals surface area contributed by atoms with Gasteiger partial charge in [-0.25, -0.2) is 4.39 Å². The predicted octanol–water partition coefficient (Wildman–Crippen LogP) is 4.00. The molecule has 0 radical (unpaired) electrons. The lowest BCUT2D eigenvalue weighted by molar-refractivity contribution is -0.137. The summed E-state index contributed by atoms with van der Waals surface area (Å²) in [5.74, 6) is -0.437. The molecule has 0 aromatic heterocycles. The molecule has 1 unspecified atom stereocenters. The van der Waals surface area contributed by atoms with E-state index in [1.807, 2.05) is 0 Å². The van der Waals surface area contributed by atoms with Crippen molar-refractivity contribution in [1.82, 2.24) is 0 Å². The highest BCUT2D eigenvalue weighted by molar-refractivity contribution is 5.28. The Balaban J connectivity index is 2.03. The van der Waals surface area contributed by atoms with E-state index in [0.29, 0.717) is 11.3 Å². The van der Waals surface area contributed by atoms with Gasteiger partial charge in [0.15, 0.2) is 0 Å². The van der Waals surface area contributed by atoms with Gasteiger partial charge in [0.05, 0.1) is 18.8 Å². The molecule has 2 aromatic carbocycles. The first-order chi connectivity index (χ1) is 10.4. The van der Waals surface area contributed by atoms with Crippen molar-refractivity contribution in [2.75, 3.05) is 13.2 Å². The van der Waals surface area contributed by atoms with Crippen molar-refractivity contribution in [1.29, 1.82) is 0 Å². The van der Waals surface area contributed by atoms with Crippen molar-refractivity contribution in [2.24, 2.45) is 0 Å². The Morgan fingerprint density at radius 2 is 1.55 bits per heavy atom. The number of ether oxygens (including phenoxy) is 1. The van der Waals surface area contributed by atoms with Crippen molar-refractivity contribution < 1.29 is 27.4 Å². The minimum atomic E-state index is -4.39. The third kappa shape index (κ3) is 4.21. The molecular formula is C16H14F4O2. The van der Waals surface area contributed by atoms with Crippen LogP contribution in [0, 0.1) is 5.82 Å². The number of hydrogen-bond donors (Lipinski definition) is 1. The van der Waals surface area contributed by atoms with Crippen LogP contribution in [0.1, 0.15) is 17.0 Å². The average Bonchev–Trinajstić information content (AvgIpc) is 2.49. The number of benzene rings is 2. The number of aliphatic hydroxyl groups is 1. The number of halogens is 4. The first-order valence-electron chi connectivity index (χ1n) is 6.56. The van der Waals surface area contributed by atoms with Crippen LogP contribution in [0.3, 0.4) is 0 Å². The molecule has 2 rings (SSSR count). The van der Waals surface area contributed by atoms with Gasteiger partial charge in [0.25, 0.3) is 0 Å². The minimum Gasteiger partial charge on any atom is -0.493 e. The molecule has 1 N–H and O–H groups in total. The topological polar surface area (TPSA) is 29.5 Å². The average molecular weight is 314 g/mol. The van der Waals surface area contributed by atoms with Gasteiger partial charge in [-0.15, -0.1) is 0 Å². The molecule has 0 aliphatic carbocycles. The maximum atomic E-state index is 12.8. The van der Waals surface area contributed by atoms with Gasteiger partial charge in [-0.05, 0) is 42.0 Å². The van der Waals surface area contributed by atoms with Crippen LogP contribution in [0.15, 0.2) is 48.5 Å². The van der Waals surface area contributed by atoms with Crippen LogP contribution in [0.4, 0.5) is 17.6 Å². The maximum absolute atomic E-state index is 12.8. The molecule has 2 aromatic rings. The second kappa shape index (κ2) is 6.79. The van der Waals surface area contributed by atoms with Crippen LogP contribution in [-0.2, 0) is 6.18 Å². The number of alkyl halides is 3. The molecule has 0 saturated carbocycles. The summed E-state index contributed by atoms with van der Waals surface area (Å²) in [5, 5.41) is 9.37. The summed E-state index contributed by atoms with van der Waals surface area (Å²) in [6.07, 6.45) is -4.39. The summed E-state index contributed by atoms with van der Waals surface area (Å²) in [7, 11) is 0. The van der Waals surface area contributed by atoms with Gasteiger partial charge in [-0.2, -0.15) is 13.2 Å². The lowest BCUT2D eigenvalue weighted by Crippen LogP contribution is -2.15. The van der Waals surface area contributed by atoms with E-state index >= 15 is 0 Å². The SMILES string of the molecule is OCC(COc1ccc(F)cc1)c1ccc(C(F)(F)F)cc1. The van der Waals surface area contributed by atoms with Crippen molar-refractivity contribution >= 4 is 0 Å². The largest absolute Gasteiger partial charge is 0.493 e. The molecule has 0 bridgehead atoms. The molecule has 0 spiro atoms. The van der Waals surface area contributed by atoms with Gasteiger partial charge >= 0.3 is 6.18 Å². The fraction of sp³-hybridized carbons (Fsp3) is 0.250. The molecule has 0 aliphatic rings. The van der Waals surface area contributed by atoms with E-state index in [9.17, 15) is 22.7 Å². The second-order valence-corrected chi connectivity index (χ2v) is 4.76. The zero-order valence-electron chi connectivity index (χ0n) is 11.5. The summed E-state index contributed by atoms with van der Waals surface area (Å²) < 4.78 is 55.7. The van der Waals surface area contributed by atoms with Gasteiger partial charge in [0.2, 0.25) is 0 Å². The zero-order valence-corrected chi connectivity index (χ0v) is 11.5. The van der Waals surface area contributed by atoms with Crippen molar-refractivity contribution in [2.45, 2.75) is 12.1 Å². The van der Waals surface area contributed by atoms with Crippen LogP contribution < -0.4 is 4.74 Å². The molecule has 0 heterocycles. The van der Waals surface area contributed by atoms with E-state index in [2.05, 4.69) is 0 Å². The molecule has 22 heavy (non-hydrogen) atoms. The standard InChI is InChI=1S/C16H14F4O2/c17-14-5-7-15(8-6-14)22-10-12(9-21)11-1-3-13(4-2-11)16(18,19)20/h1-8,12,21H,9-10H2. The molecule has 0 fully saturated rings. The van der Waals surface area contributed by atoms with Crippen molar-refractivity contribution in [3.8, 4) is 5.75 Å². The Morgan fingerprint density at radius 1 is 0.955 bits per heavy atom. The van der Waals surface area contributed by atoms with E-state index in [1.54, 1.807) is 0 Å². The third-order valence-corrected chi connectivity index (χ3v) is 3.19. The normalized spacial score (nSPS) is 13.0. The fourth-order valence-electron chi connectivity index (χ4n) is 1.93. The van der Waals surface area contributed by atoms with E-state index in [-0.39, 0.29) is 13.2 Å². The zero-order chi connectivity index (χ0) is 16.2. The fourth-order valence-corrected chi connectivity index (χ4v) is 1.93. The molecule has 0 aliphatic heterocycles. The summed E-state index contributed by atoms with van der Waals surface area (Å²) in [4.78, 5) is 0. The Labute approximate surface area is 125 Å². The van der Waals surface area contributed by atoms with Gasteiger partial charge in [-0.3, -0.25) is 0 Å². The number of rotatable bonds is 5. The first-order valence-corrected chi connectivity index (χ1v) is 6.56. The second-order valence-electron chi connectivity index (χ2n) is 4.76. The van der Waals surface area contributed by atoms with Crippen molar-refractivity contribution in [3.05, 3.63) is 65.5 Å². The number of aliphatic hydroxyl groups excluding tert-OH is 1. The highest BCUT2D eigenvalue weighted by Gasteiger charge is 2.30. The van der Waals surface area contributed by atoms with Gasteiger partial charge < -0.3 is 9.84 Å². The van der Waals surface area contributed by atoms with Gasteiger partial charge in [-0.1, -0.05) is 12.1 Å². The Kier molecular flexibility index (Phi) is 5.03. The lowest BCUT2D eigenvalue weighted by Gasteiger charge is -2.16. The highest BCUT2D eigenvalue weighted by atomic mass is 19.4. The summed E-state index contributed by atoms with van der Waals surface area (Å²) in [6, 6.07) is 9.93. The molecule has 1 atom stereocenters. The van der Waals surface area contributed by atoms with Crippen LogP contribution in [-0.4, -0.2) is 18.3 Å².